The number of hydrogen-bond donors (Lipinski definition) is 2. The highest BCUT2D eigenvalue weighted by molar-refractivity contribution is 5.94. The van der Waals surface area contributed by atoms with Crippen molar-refractivity contribution >= 4 is 35.7 Å². The molecule has 2 rings (SSSR count). The fourth-order valence-corrected chi connectivity index (χ4v) is 3.37. The Morgan fingerprint density at radius 2 is 2.10 bits per heavy atom. The number of anilines is 1. The van der Waals surface area contributed by atoms with Crippen LogP contribution in [0.2, 0.25) is 0 Å². The van der Waals surface area contributed by atoms with Gasteiger partial charge < -0.3 is 15.2 Å². The SMILES string of the molecule is COc1ccc(NC(=O)CN2CCCC(N(C)CC(=O)O)CC2)c([N+](=O)[O-])c1.Cl. The zero-order valence-electron chi connectivity index (χ0n) is 16.5. The first kappa shape index (κ1) is 24.6. The first-order valence-corrected chi connectivity index (χ1v) is 9.06. The molecule has 0 spiro atoms. The summed E-state index contributed by atoms with van der Waals surface area (Å²) in [5.41, 5.74) is -0.0939. The van der Waals surface area contributed by atoms with E-state index in [4.69, 9.17) is 9.84 Å². The molecule has 11 heteroatoms. The van der Waals surface area contributed by atoms with E-state index >= 15 is 0 Å². The number of hydrogen-bond acceptors (Lipinski definition) is 7. The van der Waals surface area contributed by atoms with Gasteiger partial charge in [0, 0.05) is 12.6 Å². The molecule has 0 saturated carbocycles. The Kier molecular flexibility index (Phi) is 9.79. The lowest BCUT2D eigenvalue weighted by Gasteiger charge is -2.25. The highest BCUT2D eigenvalue weighted by Gasteiger charge is 2.23. The van der Waals surface area contributed by atoms with Crippen LogP contribution in [-0.2, 0) is 9.59 Å². The highest BCUT2D eigenvalue weighted by Crippen LogP contribution is 2.29. The van der Waals surface area contributed by atoms with E-state index in [1.54, 1.807) is 13.1 Å². The number of nitro benzene ring substituents is 1. The molecular formula is C18H27ClN4O6. The molecule has 1 aliphatic heterocycles. The molecule has 0 radical (unpaired) electrons. The summed E-state index contributed by atoms with van der Waals surface area (Å²) in [7, 11) is 3.21. The van der Waals surface area contributed by atoms with Gasteiger partial charge >= 0.3 is 5.97 Å². The number of likely N-dealkylation sites (N-methyl/N-ethyl adjacent to an activating group) is 1. The average molecular weight is 431 g/mol. The van der Waals surface area contributed by atoms with Gasteiger partial charge in [-0.05, 0) is 45.0 Å². The standard InChI is InChI=1S/C18H26N4O6.ClH/c1-20(12-18(24)25)13-4-3-8-21(9-7-13)11-17(23)19-15-6-5-14(28-2)10-16(15)22(26)27;/h5-6,10,13H,3-4,7-9,11-12H2,1-2H3,(H,19,23)(H,24,25);1H. The van der Waals surface area contributed by atoms with Gasteiger partial charge in [0.2, 0.25) is 5.91 Å². The molecule has 1 aliphatic rings. The van der Waals surface area contributed by atoms with E-state index in [9.17, 15) is 19.7 Å². The van der Waals surface area contributed by atoms with Crippen LogP contribution in [0.15, 0.2) is 18.2 Å². The van der Waals surface area contributed by atoms with Crippen LogP contribution in [-0.4, -0.2) is 78.1 Å². The summed E-state index contributed by atoms with van der Waals surface area (Å²) in [6, 6.07) is 4.43. The second-order valence-corrected chi connectivity index (χ2v) is 6.86. The van der Waals surface area contributed by atoms with Gasteiger partial charge in [0.15, 0.2) is 0 Å². The second-order valence-electron chi connectivity index (χ2n) is 6.86. The molecule has 1 aromatic carbocycles. The van der Waals surface area contributed by atoms with E-state index < -0.39 is 10.9 Å². The van der Waals surface area contributed by atoms with Crippen molar-refractivity contribution in [2.75, 3.05) is 45.7 Å². The summed E-state index contributed by atoms with van der Waals surface area (Å²) >= 11 is 0. The summed E-state index contributed by atoms with van der Waals surface area (Å²) in [6.07, 6.45) is 2.48. The molecule has 1 heterocycles. The predicted molar refractivity (Wildman–Crippen MR) is 110 cm³/mol. The molecule has 0 bridgehead atoms. The number of likely N-dealkylation sites (tertiary alicyclic amines) is 1. The number of nitrogens with zero attached hydrogens (tertiary/aromatic N) is 3. The maximum absolute atomic E-state index is 12.4. The lowest BCUT2D eigenvalue weighted by atomic mass is 10.1. The quantitative estimate of drug-likeness (QED) is 0.472. The van der Waals surface area contributed by atoms with Crippen LogP contribution in [0.25, 0.3) is 0 Å². The molecule has 29 heavy (non-hydrogen) atoms. The number of amides is 1. The van der Waals surface area contributed by atoms with Crippen LogP contribution in [0.1, 0.15) is 19.3 Å². The minimum Gasteiger partial charge on any atom is -0.496 e. The normalized spacial score (nSPS) is 17.1. The predicted octanol–water partition coefficient (Wildman–Crippen LogP) is 1.83. The number of aliphatic carboxylic acids is 1. The van der Waals surface area contributed by atoms with Crippen LogP contribution in [0.5, 0.6) is 5.75 Å². The van der Waals surface area contributed by atoms with Crippen LogP contribution < -0.4 is 10.1 Å². The van der Waals surface area contributed by atoms with E-state index in [1.807, 2.05) is 9.80 Å². The number of methoxy groups -OCH3 is 1. The van der Waals surface area contributed by atoms with Gasteiger partial charge in [-0.2, -0.15) is 0 Å². The van der Waals surface area contributed by atoms with E-state index in [2.05, 4.69) is 5.32 Å². The molecule has 0 aliphatic carbocycles. The van der Waals surface area contributed by atoms with Crippen molar-refractivity contribution in [1.29, 1.82) is 0 Å². The van der Waals surface area contributed by atoms with Gasteiger partial charge in [-0.1, -0.05) is 0 Å². The summed E-state index contributed by atoms with van der Waals surface area (Å²) in [6.45, 7) is 1.49. The minimum atomic E-state index is -0.857. The van der Waals surface area contributed by atoms with Crippen LogP contribution in [0.3, 0.4) is 0 Å². The summed E-state index contributed by atoms with van der Waals surface area (Å²) in [5.74, 6) is -0.844. The van der Waals surface area contributed by atoms with Crippen molar-refractivity contribution in [2.45, 2.75) is 25.3 Å². The Labute approximate surface area is 175 Å². The van der Waals surface area contributed by atoms with Gasteiger partial charge in [0.05, 0.1) is 31.2 Å². The van der Waals surface area contributed by atoms with Crippen molar-refractivity contribution in [3.8, 4) is 5.75 Å². The number of rotatable bonds is 8. The van der Waals surface area contributed by atoms with Gasteiger partial charge in [-0.25, -0.2) is 0 Å². The number of halogens is 1. The Morgan fingerprint density at radius 3 is 2.72 bits per heavy atom. The molecular weight excluding hydrogens is 404 g/mol. The number of ether oxygens (including phenoxy) is 1. The van der Waals surface area contributed by atoms with Crippen LogP contribution in [0.4, 0.5) is 11.4 Å². The Hall–Kier alpha value is -2.43. The maximum atomic E-state index is 12.4. The van der Waals surface area contributed by atoms with Crippen molar-refractivity contribution in [3.05, 3.63) is 28.3 Å². The molecule has 1 aromatic rings. The summed E-state index contributed by atoms with van der Waals surface area (Å²) < 4.78 is 4.99. The summed E-state index contributed by atoms with van der Waals surface area (Å²) in [5, 5.41) is 22.8. The van der Waals surface area contributed by atoms with Gasteiger partial charge in [0.25, 0.3) is 5.69 Å². The smallest absolute Gasteiger partial charge is 0.317 e. The molecule has 0 aromatic heterocycles. The zero-order chi connectivity index (χ0) is 20.7. The van der Waals surface area contributed by atoms with E-state index in [0.717, 1.165) is 25.8 Å². The van der Waals surface area contributed by atoms with Gasteiger partial charge in [-0.3, -0.25) is 29.5 Å². The van der Waals surface area contributed by atoms with Gasteiger partial charge in [-0.15, -0.1) is 12.4 Å². The lowest BCUT2D eigenvalue weighted by molar-refractivity contribution is -0.384. The molecule has 1 unspecified atom stereocenters. The fraction of sp³-hybridized carbons (Fsp3) is 0.556. The van der Waals surface area contributed by atoms with Crippen LogP contribution >= 0.6 is 12.4 Å². The number of carboxylic acid groups (broad SMARTS) is 1. The number of nitro groups is 1. The molecule has 2 N–H and O–H groups in total. The van der Waals surface area contributed by atoms with Crippen LogP contribution in [0, 0.1) is 10.1 Å². The number of nitrogens with one attached hydrogen (secondary N) is 1. The average Bonchev–Trinajstić information content (AvgIpc) is 2.86. The van der Waals surface area contributed by atoms with Crippen molar-refractivity contribution < 1.29 is 24.4 Å². The van der Waals surface area contributed by atoms with Crippen molar-refractivity contribution in [3.63, 3.8) is 0 Å². The molecule has 1 amide bonds. The number of carbonyl (C=O) groups is 2. The number of carboxylic acids is 1. The Bertz CT molecular complexity index is 732. The third-order valence-electron chi connectivity index (χ3n) is 4.84. The van der Waals surface area contributed by atoms with E-state index in [1.165, 1.54) is 19.2 Å². The fourth-order valence-electron chi connectivity index (χ4n) is 3.37. The molecule has 1 saturated heterocycles. The first-order chi connectivity index (χ1) is 13.3. The maximum Gasteiger partial charge on any atom is 0.317 e. The Balaban J connectivity index is 0.00000420. The number of benzene rings is 1. The molecule has 1 atom stereocenters. The van der Waals surface area contributed by atoms with Crippen molar-refractivity contribution in [1.82, 2.24) is 9.80 Å². The third kappa shape index (κ3) is 7.48. The first-order valence-electron chi connectivity index (χ1n) is 9.06. The van der Waals surface area contributed by atoms with Gasteiger partial charge in [0.1, 0.15) is 11.4 Å². The largest absolute Gasteiger partial charge is 0.496 e. The van der Waals surface area contributed by atoms with E-state index in [-0.39, 0.29) is 48.8 Å². The number of carbonyl (C=O) groups excluding carboxylic acids is 1. The van der Waals surface area contributed by atoms with Crippen molar-refractivity contribution in [2.24, 2.45) is 0 Å². The second kappa shape index (κ2) is 11.5. The third-order valence-corrected chi connectivity index (χ3v) is 4.84. The monoisotopic (exact) mass is 430 g/mol. The summed E-state index contributed by atoms with van der Waals surface area (Å²) in [4.78, 5) is 37.7. The Morgan fingerprint density at radius 1 is 1.38 bits per heavy atom. The minimum absolute atomic E-state index is 0. The zero-order valence-corrected chi connectivity index (χ0v) is 17.3. The topological polar surface area (TPSA) is 125 Å². The highest BCUT2D eigenvalue weighted by atomic mass is 35.5. The molecule has 1 fully saturated rings. The molecule has 162 valence electrons. The van der Waals surface area contributed by atoms with E-state index in [0.29, 0.717) is 12.3 Å². The molecule has 10 nitrogen and oxygen atoms in total. The lowest BCUT2D eigenvalue weighted by Crippen LogP contribution is -2.37.